The topological polar surface area (TPSA) is 82.1 Å². The van der Waals surface area contributed by atoms with E-state index in [0.29, 0.717) is 26.8 Å². The van der Waals surface area contributed by atoms with E-state index in [0.717, 1.165) is 36.9 Å². The maximum absolute atomic E-state index is 14.4. The second-order valence-corrected chi connectivity index (χ2v) is 12.8. The van der Waals surface area contributed by atoms with E-state index >= 15 is 0 Å². The Morgan fingerprint density at radius 2 is 1.67 bits per heavy atom. The van der Waals surface area contributed by atoms with Gasteiger partial charge in [0, 0.05) is 23.7 Å². The van der Waals surface area contributed by atoms with Gasteiger partial charge in [-0.25, -0.2) is 14.2 Å². The molecule has 0 atom stereocenters. The summed E-state index contributed by atoms with van der Waals surface area (Å²) in [7, 11) is 1.81. The Balaban J connectivity index is 1.51. The third-order valence-corrected chi connectivity index (χ3v) is 9.96. The van der Waals surface area contributed by atoms with Gasteiger partial charge in [0.05, 0.1) is 22.5 Å². The number of hydrogen-bond donors (Lipinski definition) is 0. The smallest absolute Gasteiger partial charge is 0.296 e. The Kier molecular flexibility index (Phi) is 7.67. The molecule has 5 aromatic rings. The lowest BCUT2D eigenvalue weighted by Gasteiger charge is -2.26. The molecule has 0 spiro atoms. The predicted octanol–water partition coefficient (Wildman–Crippen LogP) is 5.66. The molecule has 0 unspecified atom stereocenters. The average molecular weight is 600 g/mol. The standard InChI is InChI=1S/C32H33N5O3S2/c1-20(2)35(22-13-7-5-8-14-22)26(38)19-41-32-33-29-27(24-17-11-12-18-25(24)42-29)30(39)36(32)28-21(3)34(4)37(31(28)40)23-15-9-6-10-16-23/h5-10,13-16,20H,11-12,17-19H2,1-4H3. The van der Waals surface area contributed by atoms with Gasteiger partial charge in [-0.05, 0) is 76.3 Å². The lowest BCUT2D eigenvalue weighted by molar-refractivity contribution is -0.116. The fraction of sp³-hybridized carbons (Fsp3) is 0.312. The van der Waals surface area contributed by atoms with E-state index in [9.17, 15) is 14.4 Å². The molecule has 0 saturated heterocycles. The maximum atomic E-state index is 14.4. The number of nitrogens with zero attached hydrogens (tertiary/aromatic N) is 5. The molecule has 0 bridgehead atoms. The summed E-state index contributed by atoms with van der Waals surface area (Å²) >= 11 is 2.77. The SMILES string of the molecule is Cc1c(-n2c(SCC(=O)N(c3ccccc3)C(C)C)nc3sc4c(c3c2=O)CCCC4)c(=O)n(-c2ccccc2)n1C. The van der Waals surface area contributed by atoms with Crippen LogP contribution in [0.1, 0.15) is 42.8 Å². The number of thioether (sulfide) groups is 1. The number of aryl methyl sites for hydroxylation is 2. The summed E-state index contributed by atoms with van der Waals surface area (Å²) in [6, 6.07) is 18.9. The van der Waals surface area contributed by atoms with Crippen LogP contribution in [0.15, 0.2) is 75.4 Å². The monoisotopic (exact) mass is 599 g/mol. The van der Waals surface area contributed by atoms with Crippen molar-refractivity contribution in [3.8, 4) is 11.4 Å². The molecular formula is C32H33N5O3S2. The fourth-order valence-corrected chi connectivity index (χ4v) is 7.97. The molecule has 2 aromatic carbocycles. The van der Waals surface area contributed by atoms with Crippen molar-refractivity contribution in [3.05, 3.63) is 97.5 Å². The first-order chi connectivity index (χ1) is 20.3. The van der Waals surface area contributed by atoms with Crippen LogP contribution in [0.25, 0.3) is 21.6 Å². The highest BCUT2D eigenvalue weighted by atomic mass is 32.2. The number of amides is 1. The van der Waals surface area contributed by atoms with Crippen molar-refractivity contribution in [3.63, 3.8) is 0 Å². The van der Waals surface area contributed by atoms with E-state index in [1.165, 1.54) is 21.2 Å². The van der Waals surface area contributed by atoms with Crippen molar-refractivity contribution in [1.29, 1.82) is 0 Å². The minimum absolute atomic E-state index is 0.0587. The van der Waals surface area contributed by atoms with Gasteiger partial charge in [-0.1, -0.05) is 48.2 Å². The van der Waals surface area contributed by atoms with Crippen molar-refractivity contribution in [1.82, 2.24) is 18.9 Å². The molecule has 6 rings (SSSR count). The number of carbonyl (C=O) groups is 1. The predicted molar refractivity (Wildman–Crippen MR) is 171 cm³/mol. The first-order valence-electron chi connectivity index (χ1n) is 14.2. The zero-order valence-corrected chi connectivity index (χ0v) is 25.8. The summed E-state index contributed by atoms with van der Waals surface area (Å²) in [6.07, 6.45) is 3.88. The van der Waals surface area contributed by atoms with Crippen molar-refractivity contribution in [2.24, 2.45) is 7.05 Å². The van der Waals surface area contributed by atoms with Crippen LogP contribution in [0.3, 0.4) is 0 Å². The number of thiophene rings is 1. The first kappa shape index (κ1) is 28.2. The molecule has 1 aliphatic rings. The van der Waals surface area contributed by atoms with Crippen LogP contribution in [0.2, 0.25) is 0 Å². The molecule has 10 heteroatoms. The Labute approximate surface area is 252 Å². The molecule has 1 amide bonds. The molecule has 0 N–H and O–H groups in total. The molecule has 0 saturated carbocycles. The van der Waals surface area contributed by atoms with Gasteiger partial charge in [-0.2, -0.15) is 0 Å². The van der Waals surface area contributed by atoms with Gasteiger partial charge in [0.1, 0.15) is 10.5 Å². The summed E-state index contributed by atoms with van der Waals surface area (Å²) in [5.74, 6) is -0.0337. The van der Waals surface area contributed by atoms with E-state index in [-0.39, 0.29) is 34.5 Å². The van der Waals surface area contributed by atoms with E-state index in [1.54, 1.807) is 25.6 Å². The summed E-state index contributed by atoms with van der Waals surface area (Å²) in [6.45, 7) is 5.79. The van der Waals surface area contributed by atoms with E-state index < -0.39 is 0 Å². The van der Waals surface area contributed by atoms with Crippen LogP contribution in [-0.2, 0) is 24.7 Å². The van der Waals surface area contributed by atoms with Crippen LogP contribution >= 0.6 is 23.1 Å². The molecular weight excluding hydrogens is 567 g/mol. The van der Waals surface area contributed by atoms with Crippen LogP contribution in [-0.4, -0.2) is 36.6 Å². The Bertz CT molecular complexity index is 1900. The van der Waals surface area contributed by atoms with Gasteiger partial charge >= 0.3 is 0 Å². The second-order valence-electron chi connectivity index (χ2n) is 10.8. The third-order valence-electron chi connectivity index (χ3n) is 7.85. The average Bonchev–Trinajstić information content (AvgIpc) is 3.46. The van der Waals surface area contributed by atoms with Gasteiger partial charge in [-0.3, -0.25) is 19.1 Å². The Hall–Kier alpha value is -3.89. The number of rotatable bonds is 7. The molecule has 3 aromatic heterocycles. The molecule has 0 fully saturated rings. The van der Waals surface area contributed by atoms with Crippen molar-refractivity contribution in [2.45, 2.75) is 57.7 Å². The van der Waals surface area contributed by atoms with Gasteiger partial charge in [0.15, 0.2) is 5.16 Å². The number of hydrogen-bond acceptors (Lipinski definition) is 6. The minimum atomic E-state index is -0.310. The number of para-hydroxylation sites is 2. The number of fused-ring (bicyclic) bond motifs is 3. The fourth-order valence-electron chi connectivity index (χ4n) is 5.81. The number of anilines is 1. The lowest BCUT2D eigenvalue weighted by Crippen LogP contribution is -2.38. The highest BCUT2D eigenvalue weighted by molar-refractivity contribution is 7.99. The number of benzene rings is 2. The summed E-state index contributed by atoms with van der Waals surface area (Å²) in [5, 5.41) is 0.953. The summed E-state index contributed by atoms with van der Waals surface area (Å²) in [5.41, 5.74) is 2.92. The zero-order chi connectivity index (χ0) is 29.5. The quantitative estimate of drug-likeness (QED) is 0.178. The first-order valence-corrected chi connectivity index (χ1v) is 16.0. The lowest BCUT2D eigenvalue weighted by atomic mass is 9.97. The number of aromatic nitrogens is 4. The molecule has 0 aliphatic heterocycles. The van der Waals surface area contributed by atoms with Crippen LogP contribution in [0.5, 0.6) is 0 Å². The highest BCUT2D eigenvalue weighted by Gasteiger charge is 2.28. The van der Waals surface area contributed by atoms with Gasteiger partial charge < -0.3 is 4.90 Å². The maximum Gasteiger partial charge on any atom is 0.296 e. The van der Waals surface area contributed by atoms with Gasteiger partial charge in [0.25, 0.3) is 11.1 Å². The van der Waals surface area contributed by atoms with Crippen molar-refractivity contribution < 1.29 is 4.79 Å². The Morgan fingerprint density at radius 1 is 1.00 bits per heavy atom. The van der Waals surface area contributed by atoms with Crippen molar-refractivity contribution >= 4 is 44.9 Å². The second kappa shape index (κ2) is 11.4. The molecule has 216 valence electrons. The van der Waals surface area contributed by atoms with Gasteiger partial charge in [-0.15, -0.1) is 11.3 Å². The summed E-state index contributed by atoms with van der Waals surface area (Å²) < 4.78 is 4.79. The van der Waals surface area contributed by atoms with Crippen LogP contribution < -0.4 is 16.0 Å². The molecule has 8 nitrogen and oxygen atoms in total. The zero-order valence-electron chi connectivity index (χ0n) is 24.2. The normalized spacial score (nSPS) is 13.1. The van der Waals surface area contributed by atoms with E-state index in [4.69, 9.17) is 4.98 Å². The van der Waals surface area contributed by atoms with E-state index in [2.05, 4.69) is 0 Å². The molecule has 1 aliphatic carbocycles. The highest BCUT2D eigenvalue weighted by Crippen LogP contribution is 2.35. The Morgan fingerprint density at radius 3 is 2.36 bits per heavy atom. The van der Waals surface area contributed by atoms with Crippen LogP contribution in [0.4, 0.5) is 5.69 Å². The minimum Gasteiger partial charge on any atom is -0.309 e. The third kappa shape index (κ3) is 4.82. The van der Waals surface area contributed by atoms with Crippen molar-refractivity contribution in [2.75, 3.05) is 10.7 Å². The number of carbonyl (C=O) groups excluding carboxylic acids is 1. The largest absolute Gasteiger partial charge is 0.309 e. The summed E-state index contributed by atoms with van der Waals surface area (Å²) in [4.78, 5) is 50.7. The van der Waals surface area contributed by atoms with Gasteiger partial charge in [0.2, 0.25) is 5.91 Å². The molecule has 42 heavy (non-hydrogen) atoms. The van der Waals surface area contributed by atoms with Crippen LogP contribution in [0, 0.1) is 6.92 Å². The van der Waals surface area contributed by atoms with E-state index in [1.807, 2.05) is 88.5 Å². The molecule has 0 radical (unpaired) electrons. The molecule has 3 heterocycles.